The number of anilines is 1. The molecule has 5 heteroatoms. The first-order chi connectivity index (χ1) is 8.67. The minimum absolute atomic E-state index is 0.0123. The van der Waals surface area contributed by atoms with Crippen molar-refractivity contribution < 1.29 is 4.79 Å². The molecule has 0 bridgehead atoms. The number of nitrogen functional groups attached to an aromatic ring is 1. The van der Waals surface area contributed by atoms with Gasteiger partial charge in [0.25, 0.3) is 5.91 Å². The average molecular weight is 250 g/mol. The zero-order valence-electron chi connectivity index (χ0n) is 11.2. The summed E-state index contributed by atoms with van der Waals surface area (Å²) in [6, 6.07) is 0.422. The highest BCUT2D eigenvalue weighted by molar-refractivity contribution is 5.98. The van der Waals surface area contributed by atoms with Crippen LogP contribution < -0.4 is 5.73 Å². The van der Waals surface area contributed by atoms with Gasteiger partial charge in [-0.1, -0.05) is 12.8 Å². The fourth-order valence-corrected chi connectivity index (χ4v) is 2.61. The number of nitrogens with two attached hydrogens (primary N) is 1. The Labute approximate surface area is 108 Å². The number of hydrogen-bond acceptors (Lipinski definition) is 3. The molecule has 1 heterocycles. The van der Waals surface area contributed by atoms with Crippen LogP contribution in [0.5, 0.6) is 0 Å². The van der Waals surface area contributed by atoms with E-state index in [1.54, 1.807) is 4.90 Å². The number of amides is 1. The Morgan fingerprint density at radius 1 is 1.44 bits per heavy atom. The molecule has 0 atom stereocenters. The van der Waals surface area contributed by atoms with Gasteiger partial charge < -0.3 is 10.6 Å². The van der Waals surface area contributed by atoms with Crippen molar-refractivity contribution in [2.75, 3.05) is 18.8 Å². The molecule has 0 saturated heterocycles. The molecule has 0 spiro atoms. The average Bonchev–Trinajstić information content (AvgIpc) is 2.99. The maximum atomic E-state index is 12.2. The molecule has 5 nitrogen and oxygen atoms in total. The maximum Gasteiger partial charge on any atom is 0.259 e. The molecular formula is C13H22N4O. The predicted molar refractivity (Wildman–Crippen MR) is 71.4 cm³/mol. The van der Waals surface area contributed by atoms with E-state index in [-0.39, 0.29) is 5.91 Å². The van der Waals surface area contributed by atoms with Gasteiger partial charge in [-0.15, -0.1) is 0 Å². The lowest BCUT2D eigenvalue weighted by molar-refractivity contribution is 0.0774. The number of aromatic nitrogens is 2. The van der Waals surface area contributed by atoms with Crippen LogP contribution in [0.4, 0.5) is 5.82 Å². The summed E-state index contributed by atoms with van der Waals surface area (Å²) in [7, 11) is 0. The minimum Gasteiger partial charge on any atom is -0.382 e. The predicted octanol–water partition coefficient (Wildman–Crippen LogP) is 2.06. The monoisotopic (exact) mass is 250 g/mol. The summed E-state index contributed by atoms with van der Waals surface area (Å²) in [5.74, 6) is 0.348. The molecule has 2 rings (SSSR count). The van der Waals surface area contributed by atoms with Crippen molar-refractivity contribution >= 4 is 11.7 Å². The number of carbonyl (C=O) groups is 1. The van der Waals surface area contributed by atoms with E-state index in [1.807, 2.05) is 24.7 Å². The second-order valence-corrected chi connectivity index (χ2v) is 4.82. The second-order valence-electron chi connectivity index (χ2n) is 4.82. The van der Waals surface area contributed by atoms with Gasteiger partial charge in [0.1, 0.15) is 5.56 Å². The largest absolute Gasteiger partial charge is 0.382 e. The molecule has 1 amide bonds. The molecule has 0 aliphatic heterocycles. The zero-order valence-corrected chi connectivity index (χ0v) is 11.2. The standard InChI is InChI=1S/C13H22N4O/c1-3-16(4-2)13(18)11-9-17(15-12(11)14)10-7-5-6-8-10/h9-10H,3-8H2,1-2H3,(H2,14,15). The second kappa shape index (κ2) is 5.42. The van der Waals surface area contributed by atoms with Crippen LogP contribution in [0.3, 0.4) is 0 Å². The van der Waals surface area contributed by atoms with E-state index < -0.39 is 0 Å². The van der Waals surface area contributed by atoms with Crippen molar-refractivity contribution in [2.45, 2.75) is 45.6 Å². The van der Waals surface area contributed by atoms with Gasteiger partial charge >= 0.3 is 0 Å². The first-order valence-corrected chi connectivity index (χ1v) is 6.81. The summed E-state index contributed by atoms with van der Waals surface area (Å²) >= 11 is 0. The molecule has 1 aliphatic carbocycles. The van der Waals surface area contributed by atoms with Crippen molar-refractivity contribution in [3.8, 4) is 0 Å². The molecule has 0 radical (unpaired) electrons. The van der Waals surface area contributed by atoms with E-state index >= 15 is 0 Å². The highest BCUT2D eigenvalue weighted by atomic mass is 16.2. The van der Waals surface area contributed by atoms with Crippen molar-refractivity contribution in [3.05, 3.63) is 11.8 Å². The number of hydrogen-bond donors (Lipinski definition) is 1. The molecule has 0 aromatic carbocycles. The van der Waals surface area contributed by atoms with Gasteiger partial charge in [-0.05, 0) is 26.7 Å². The van der Waals surface area contributed by atoms with E-state index in [2.05, 4.69) is 5.10 Å². The lowest BCUT2D eigenvalue weighted by atomic mass is 10.2. The SMILES string of the molecule is CCN(CC)C(=O)c1cn(C2CCCC2)nc1N. The van der Waals surface area contributed by atoms with Crippen molar-refractivity contribution in [2.24, 2.45) is 0 Å². The van der Waals surface area contributed by atoms with E-state index in [0.29, 0.717) is 30.5 Å². The summed E-state index contributed by atoms with van der Waals surface area (Å²) in [5.41, 5.74) is 6.42. The molecule has 1 aromatic heterocycles. The molecule has 18 heavy (non-hydrogen) atoms. The Bertz CT molecular complexity index is 417. The number of rotatable bonds is 4. The van der Waals surface area contributed by atoms with Gasteiger partial charge in [-0.25, -0.2) is 0 Å². The lowest BCUT2D eigenvalue weighted by Gasteiger charge is -2.17. The summed E-state index contributed by atoms with van der Waals surface area (Å²) in [4.78, 5) is 14.0. The molecule has 1 saturated carbocycles. The smallest absolute Gasteiger partial charge is 0.259 e. The third-order valence-electron chi connectivity index (χ3n) is 3.74. The first-order valence-electron chi connectivity index (χ1n) is 6.81. The Morgan fingerprint density at radius 3 is 2.61 bits per heavy atom. The van der Waals surface area contributed by atoms with Gasteiger partial charge in [0.15, 0.2) is 5.82 Å². The van der Waals surface area contributed by atoms with Gasteiger partial charge in [-0.3, -0.25) is 9.48 Å². The zero-order chi connectivity index (χ0) is 13.1. The molecule has 2 N–H and O–H groups in total. The molecular weight excluding hydrogens is 228 g/mol. The van der Waals surface area contributed by atoms with Crippen LogP contribution in [0.25, 0.3) is 0 Å². The normalized spacial score (nSPS) is 16.1. The molecule has 100 valence electrons. The summed E-state index contributed by atoms with van der Waals surface area (Å²) in [5, 5.41) is 4.31. The Balaban J connectivity index is 2.20. The minimum atomic E-state index is -0.0123. The van der Waals surface area contributed by atoms with Crippen LogP contribution in [-0.4, -0.2) is 33.7 Å². The molecule has 1 aromatic rings. The lowest BCUT2D eigenvalue weighted by Crippen LogP contribution is -2.30. The van der Waals surface area contributed by atoms with Gasteiger partial charge in [0, 0.05) is 19.3 Å². The van der Waals surface area contributed by atoms with Crippen LogP contribution in [0.2, 0.25) is 0 Å². The van der Waals surface area contributed by atoms with Crippen LogP contribution in [0.1, 0.15) is 55.9 Å². The highest BCUT2D eigenvalue weighted by Crippen LogP contribution is 2.30. The number of nitrogens with zero attached hydrogens (tertiary/aromatic N) is 3. The Morgan fingerprint density at radius 2 is 2.06 bits per heavy atom. The maximum absolute atomic E-state index is 12.2. The van der Waals surface area contributed by atoms with Gasteiger partial charge in [0.2, 0.25) is 0 Å². The van der Waals surface area contributed by atoms with Gasteiger partial charge in [-0.2, -0.15) is 5.10 Å². The highest BCUT2D eigenvalue weighted by Gasteiger charge is 2.23. The Hall–Kier alpha value is -1.52. The van der Waals surface area contributed by atoms with Crippen LogP contribution in [0, 0.1) is 0 Å². The van der Waals surface area contributed by atoms with E-state index in [9.17, 15) is 4.79 Å². The molecule has 1 aliphatic rings. The van der Waals surface area contributed by atoms with Crippen molar-refractivity contribution in [3.63, 3.8) is 0 Å². The van der Waals surface area contributed by atoms with E-state index in [1.165, 1.54) is 12.8 Å². The third-order valence-corrected chi connectivity index (χ3v) is 3.74. The fourth-order valence-electron chi connectivity index (χ4n) is 2.61. The Kier molecular flexibility index (Phi) is 3.89. The van der Waals surface area contributed by atoms with Crippen LogP contribution >= 0.6 is 0 Å². The summed E-state index contributed by atoms with van der Waals surface area (Å²) in [6.07, 6.45) is 6.58. The molecule has 1 fully saturated rings. The van der Waals surface area contributed by atoms with E-state index in [0.717, 1.165) is 12.8 Å². The van der Waals surface area contributed by atoms with Crippen LogP contribution in [-0.2, 0) is 0 Å². The van der Waals surface area contributed by atoms with Crippen molar-refractivity contribution in [1.29, 1.82) is 0 Å². The third kappa shape index (κ3) is 2.35. The fraction of sp³-hybridized carbons (Fsp3) is 0.692. The first kappa shape index (κ1) is 12.9. The summed E-state index contributed by atoms with van der Waals surface area (Å²) < 4.78 is 1.89. The van der Waals surface area contributed by atoms with Crippen molar-refractivity contribution in [1.82, 2.24) is 14.7 Å². The number of carbonyl (C=O) groups excluding carboxylic acids is 1. The topological polar surface area (TPSA) is 64.2 Å². The van der Waals surface area contributed by atoms with Gasteiger partial charge in [0.05, 0.1) is 6.04 Å². The molecule has 0 unspecified atom stereocenters. The van der Waals surface area contributed by atoms with E-state index in [4.69, 9.17) is 5.73 Å². The summed E-state index contributed by atoms with van der Waals surface area (Å²) in [6.45, 7) is 5.34. The van der Waals surface area contributed by atoms with Crippen LogP contribution in [0.15, 0.2) is 6.20 Å². The quantitative estimate of drug-likeness (QED) is 0.889.